The Kier molecular flexibility index (Phi) is 2.02. The van der Waals surface area contributed by atoms with Crippen LogP contribution in [0.3, 0.4) is 0 Å². The summed E-state index contributed by atoms with van der Waals surface area (Å²) in [7, 11) is 1.92. The Bertz CT molecular complexity index is 282. The number of anilines is 1. The largest absolute Gasteiger partial charge is 0.365 e. The van der Waals surface area contributed by atoms with E-state index >= 15 is 0 Å². The van der Waals surface area contributed by atoms with Crippen LogP contribution >= 0.6 is 11.3 Å². The predicted octanol–water partition coefficient (Wildman–Crippen LogP) is 1.39. The molecule has 4 heteroatoms. The second-order valence-corrected chi connectivity index (χ2v) is 4.04. The van der Waals surface area contributed by atoms with Crippen molar-refractivity contribution in [3.8, 4) is 0 Å². The van der Waals surface area contributed by atoms with Crippen LogP contribution in [0.15, 0.2) is 0 Å². The van der Waals surface area contributed by atoms with Gasteiger partial charge in [0.1, 0.15) is 0 Å². The van der Waals surface area contributed by atoms with Crippen LogP contribution in [-0.4, -0.2) is 18.6 Å². The van der Waals surface area contributed by atoms with Crippen molar-refractivity contribution in [2.75, 3.05) is 18.9 Å². The van der Waals surface area contributed by atoms with Gasteiger partial charge >= 0.3 is 0 Å². The first kappa shape index (κ1) is 8.01. The molecule has 1 aromatic rings. The van der Waals surface area contributed by atoms with Crippen molar-refractivity contribution in [3.05, 3.63) is 10.6 Å². The molecule has 1 aliphatic rings. The molecule has 1 aromatic heterocycles. The highest BCUT2D eigenvalue weighted by Gasteiger charge is 2.19. The molecule has 0 aliphatic carbocycles. The third-order valence-electron chi connectivity index (χ3n) is 2.15. The van der Waals surface area contributed by atoms with Gasteiger partial charge < -0.3 is 10.6 Å². The fraction of sp³-hybridized carbons (Fsp3) is 0.625. The van der Waals surface area contributed by atoms with Gasteiger partial charge in [-0.25, -0.2) is 4.98 Å². The molecular formula is C8H13N3S. The first-order chi connectivity index (χ1) is 5.81. The normalized spacial score (nSPS) is 22.0. The smallest absolute Gasteiger partial charge is 0.182 e. The highest BCUT2D eigenvalue weighted by atomic mass is 32.1. The maximum absolute atomic E-state index is 4.49. The van der Waals surface area contributed by atoms with E-state index in [-0.39, 0.29) is 0 Å². The van der Waals surface area contributed by atoms with Crippen molar-refractivity contribution >= 4 is 16.5 Å². The van der Waals surface area contributed by atoms with Crippen molar-refractivity contribution in [2.24, 2.45) is 0 Å². The Balaban J connectivity index is 2.37. The molecule has 2 rings (SSSR count). The summed E-state index contributed by atoms with van der Waals surface area (Å²) in [5.41, 5.74) is 1.27. The van der Waals surface area contributed by atoms with Gasteiger partial charge in [0.05, 0.1) is 5.69 Å². The standard InChI is InChI=1S/C8H13N3S/c1-5-7-6(3-4-10-5)11-8(9-2)12-7/h5,10H,3-4H2,1-2H3,(H,9,11)/t5-/m1/s1. The van der Waals surface area contributed by atoms with E-state index in [2.05, 4.69) is 22.5 Å². The van der Waals surface area contributed by atoms with Crippen LogP contribution in [0.2, 0.25) is 0 Å². The van der Waals surface area contributed by atoms with Gasteiger partial charge in [-0.3, -0.25) is 0 Å². The van der Waals surface area contributed by atoms with Gasteiger partial charge in [0, 0.05) is 30.9 Å². The molecule has 2 heterocycles. The third-order valence-corrected chi connectivity index (χ3v) is 3.44. The molecule has 0 spiro atoms. The van der Waals surface area contributed by atoms with Gasteiger partial charge in [-0.05, 0) is 6.92 Å². The highest BCUT2D eigenvalue weighted by Crippen LogP contribution is 2.30. The molecule has 0 saturated carbocycles. The quantitative estimate of drug-likeness (QED) is 0.691. The Morgan fingerprint density at radius 3 is 3.17 bits per heavy atom. The lowest BCUT2D eigenvalue weighted by Crippen LogP contribution is -2.26. The minimum Gasteiger partial charge on any atom is -0.365 e. The maximum atomic E-state index is 4.49. The summed E-state index contributed by atoms with van der Waals surface area (Å²) in [5.74, 6) is 0. The molecule has 0 unspecified atom stereocenters. The topological polar surface area (TPSA) is 37.0 Å². The van der Waals surface area contributed by atoms with Crippen molar-refractivity contribution in [2.45, 2.75) is 19.4 Å². The van der Waals surface area contributed by atoms with E-state index in [9.17, 15) is 0 Å². The first-order valence-electron chi connectivity index (χ1n) is 4.22. The average molecular weight is 183 g/mol. The highest BCUT2D eigenvalue weighted by molar-refractivity contribution is 7.15. The summed E-state index contributed by atoms with van der Waals surface area (Å²) in [5, 5.41) is 7.54. The van der Waals surface area contributed by atoms with E-state index in [0.717, 1.165) is 18.1 Å². The van der Waals surface area contributed by atoms with Crippen molar-refractivity contribution < 1.29 is 0 Å². The Morgan fingerprint density at radius 1 is 1.67 bits per heavy atom. The van der Waals surface area contributed by atoms with E-state index in [1.807, 2.05) is 7.05 Å². The van der Waals surface area contributed by atoms with E-state index in [4.69, 9.17) is 0 Å². The molecule has 3 nitrogen and oxygen atoms in total. The first-order valence-corrected chi connectivity index (χ1v) is 5.03. The lowest BCUT2D eigenvalue weighted by molar-refractivity contribution is 0.545. The Labute approximate surface area is 76.2 Å². The number of nitrogens with one attached hydrogen (secondary N) is 2. The van der Waals surface area contributed by atoms with Crippen LogP contribution in [0, 0.1) is 0 Å². The van der Waals surface area contributed by atoms with Crippen molar-refractivity contribution in [1.82, 2.24) is 10.3 Å². The zero-order valence-electron chi connectivity index (χ0n) is 7.35. The fourth-order valence-electron chi connectivity index (χ4n) is 1.49. The van der Waals surface area contributed by atoms with Gasteiger partial charge in [-0.15, -0.1) is 11.3 Å². The minimum atomic E-state index is 0.480. The van der Waals surface area contributed by atoms with E-state index in [1.165, 1.54) is 10.6 Å². The van der Waals surface area contributed by atoms with Gasteiger partial charge in [0.15, 0.2) is 5.13 Å². The summed E-state index contributed by atoms with van der Waals surface area (Å²) in [6, 6.07) is 0.480. The molecule has 0 amide bonds. The number of rotatable bonds is 1. The molecule has 0 fully saturated rings. The van der Waals surface area contributed by atoms with Gasteiger partial charge in [-0.1, -0.05) is 0 Å². The molecule has 1 aliphatic heterocycles. The van der Waals surface area contributed by atoms with Gasteiger partial charge in [0.25, 0.3) is 0 Å². The second-order valence-electron chi connectivity index (χ2n) is 3.01. The van der Waals surface area contributed by atoms with Gasteiger partial charge in [-0.2, -0.15) is 0 Å². The Hall–Kier alpha value is -0.610. The van der Waals surface area contributed by atoms with Crippen LogP contribution in [-0.2, 0) is 6.42 Å². The molecule has 2 N–H and O–H groups in total. The summed E-state index contributed by atoms with van der Waals surface area (Å²) in [4.78, 5) is 5.88. The van der Waals surface area contributed by atoms with Crippen molar-refractivity contribution in [3.63, 3.8) is 0 Å². The number of thiazole rings is 1. The predicted molar refractivity (Wildman–Crippen MR) is 51.8 cm³/mol. The second kappa shape index (κ2) is 3.03. The number of hydrogen-bond donors (Lipinski definition) is 2. The van der Waals surface area contributed by atoms with Crippen LogP contribution in [0.25, 0.3) is 0 Å². The monoisotopic (exact) mass is 183 g/mol. The molecule has 66 valence electrons. The van der Waals surface area contributed by atoms with Crippen molar-refractivity contribution in [1.29, 1.82) is 0 Å². The summed E-state index contributed by atoms with van der Waals surface area (Å²) >= 11 is 1.76. The lowest BCUT2D eigenvalue weighted by Gasteiger charge is -2.18. The van der Waals surface area contributed by atoms with Crippen LogP contribution < -0.4 is 10.6 Å². The molecule has 12 heavy (non-hydrogen) atoms. The molecule has 0 radical (unpaired) electrons. The summed E-state index contributed by atoms with van der Waals surface area (Å²) in [6.07, 6.45) is 1.07. The van der Waals surface area contributed by atoms with Crippen LogP contribution in [0.5, 0.6) is 0 Å². The fourth-order valence-corrected chi connectivity index (χ4v) is 2.48. The third kappa shape index (κ3) is 1.21. The minimum absolute atomic E-state index is 0.480. The summed E-state index contributed by atoms with van der Waals surface area (Å²) in [6.45, 7) is 3.25. The summed E-state index contributed by atoms with van der Waals surface area (Å²) < 4.78 is 0. The molecule has 0 aromatic carbocycles. The molecular weight excluding hydrogens is 170 g/mol. The van der Waals surface area contributed by atoms with Gasteiger partial charge in [0.2, 0.25) is 0 Å². The number of hydrogen-bond acceptors (Lipinski definition) is 4. The van der Waals surface area contributed by atoms with E-state index < -0.39 is 0 Å². The SMILES string of the molecule is CNc1nc2c(s1)[C@@H](C)NCC2. The van der Waals surface area contributed by atoms with E-state index in [0.29, 0.717) is 6.04 Å². The van der Waals surface area contributed by atoms with Crippen LogP contribution in [0.4, 0.5) is 5.13 Å². The number of nitrogens with zero attached hydrogens (tertiary/aromatic N) is 1. The maximum Gasteiger partial charge on any atom is 0.182 e. The zero-order valence-corrected chi connectivity index (χ0v) is 8.16. The number of aromatic nitrogens is 1. The molecule has 0 bridgehead atoms. The lowest BCUT2D eigenvalue weighted by atomic mass is 10.1. The van der Waals surface area contributed by atoms with E-state index in [1.54, 1.807) is 11.3 Å². The zero-order chi connectivity index (χ0) is 8.55. The molecule has 0 saturated heterocycles. The molecule has 1 atom stereocenters. The Morgan fingerprint density at radius 2 is 2.50 bits per heavy atom. The average Bonchev–Trinajstić information content (AvgIpc) is 2.49. The van der Waals surface area contributed by atoms with Crippen LogP contribution in [0.1, 0.15) is 23.5 Å². The number of fused-ring (bicyclic) bond motifs is 1.